The van der Waals surface area contributed by atoms with Gasteiger partial charge in [-0.05, 0) is 54.7 Å². The molecule has 166 valence electrons. The first-order valence-electron chi connectivity index (χ1n) is 9.98. The Kier molecular flexibility index (Phi) is 6.70. The first-order valence-corrected chi connectivity index (χ1v) is 10.4. The van der Waals surface area contributed by atoms with Gasteiger partial charge in [0.15, 0.2) is 11.2 Å². The standard InChI is InChI=1S/C22H22N4O5S/c1-28-16-7-5-14(6-8-16)25-22(27)31-18-12-30-19-17(11-29-20(18)19)26-21(32)24-15-4-2-3-13(9-15)10-23/h2-9,17-20H,11-12H2,1H3,(H,25,27)(H2,24,26,32)/t17-,18-,19-,20+/m0/s1. The third kappa shape index (κ3) is 5.08. The van der Waals surface area contributed by atoms with Gasteiger partial charge in [0.05, 0.1) is 38.0 Å². The second-order valence-corrected chi connectivity index (χ2v) is 7.70. The first-order chi connectivity index (χ1) is 15.6. The van der Waals surface area contributed by atoms with Crippen LogP contribution in [0.3, 0.4) is 0 Å². The molecule has 0 spiro atoms. The van der Waals surface area contributed by atoms with E-state index in [1.54, 1.807) is 49.6 Å². The summed E-state index contributed by atoms with van der Waals surface area (Å²) >= 11 is 5.38. The fourth-order valence-corrected chi connectivity index (χ4v) is 3.92. The number of benzene rings is 2. The lowest BCUT2D eigenvalue weighted by atomic mass is 10.1. The van der Waals surface area contributed by atoms with Gasteiger partial charge in [0.2, 0.25) is 0 Å². The number of nitriles is 1. The maximum absolute atomic E-state index is 12.3. The summed E-state index contributed by atoms with van der Waals surface area (Å²) in [6, 6.07) is 15.8. The Morgan fingerprint density at radius 1 is 1.09 bits per heavy atom. The van der Waals surface area contributed by atoms with Gasteiger partial charge in [0.1, 0.15) is 18.0 Å². The zero-order chi connectivity index (χ0) is 22.5. The number of rotatable bonds is 5. The zero-order valence-electron chi connectivity index (χ0n) is 17.2. The zero-order valence-corrected chi connectivity index (χ0v) is 18.1. The van der Waals surface area contributed by atoms with Gasteiger partial charge in [0.25, 0.3) is 0 Å². The maximum Gasteiger partial charge on any atom is 0.412 e. The molecule has 10 heteroatoms. The second kappa shape index (κ2) is 9.82. The molecule has 0 aliphatic carbocycles. The summed E-state index contributed by atoms with van der Waals surface area (Å²) in [5.74, 6) is 0.694. The molecule has 0 radical (unpaired) electrons. The van der Waals surface area contributed by atoms with Crippen LogP contribution in [0, 0.1) is 11.3 Å². The van der Waals surface area contributed by atoms with E-state index in [2.05, 4.69) is 22.0 Å². The van der Waals surface area contributed by atoms with Crippen molar-refractivity contribution in [3.8, 4) is 11.8 Å². The monoisotopic (exact) mass is 454 g/mol. The average Bonchev–Trinajstić information content (AvgIpc) is 3.37. The van der Waals surface area contributed by atoms with E-state index in [1.165, 1.54) is 0 Å². The molecule has 1 amide bonds. The smallest absolute Gasteiger partial charge is 0.412 e. The Morgan fingerprint density at radius 2 is 1.88 bits per heavy atom. The van der Waals surface area contributed by atoms with Crippen molar-refractivity contribution < 1.29 is 23.7 Å². The number of fused-ring (bicyclic) bond motifs is 1. The molecule has 2 fully saturated rings. The lowest BCUT2D eigenvalue weighted by Gasteiger charge is -2.20. The summed E-state index contributed by atoms with van der Waals surface area (Å²) in [4.78, 5) is 12.3. The summed E-state index contributed by atoms with van der Waals surface area (Å²) in [5, 5.41) is 18.3. The van der Waals surface area contributed by atoms with Crippen LogP contribution < -0.4 is 20.7 Å². The van der Waals surface area contributed by atoms with E-state index in [0.717, 1.165) is 0 Å². The third-order valence-corrected chi connectivity index (χ3v) is 5.39. The van der Waals surface area contributed by atoms with Gasteiger partial charge in [-0.2, -0.15) is 5.26 Å². The van der Waals surface area contributed by atoms with E-state index in [1.807, 2.05) is 6.07 Å². The van der Waals surface area contributed by atoms with Crippen molar-refractivity contribution in [3.05, 3.63) is 54.1 Å². The number of nitrogens with zero attached hydrogens (tertiary/aromatic N) is 1. The molecule has 2 aliphatic heterocycles. The number of hydrogen-bond donors (Lipinski definition) is 3. The topological polar surface area (TPSA) is 114 Å². The largest absolute Gasteiger partial charge is 0.497 e. The van der Waals surface area contributed by atoms with E-state index >= 15 is 0 Å². The lowest BCUT2D eigenvalue weighted by molar-refractivity contribution is 0.00880. The van der Waals surface area contributed by atoms with Crippen LogP contribution >= 0.6 is 12.2 Å². The second-order valence-electron chi connectivity index (χ2n) is 7.29. The number of ether oxygens (including phenoxy) is 4. The minimum atomic E-state index is -0.584. The van der Waals surface area contributed by atoms with E-state index in [4.69, 9.17) is 36.4 Å². The number of thiocarbonyl (C=S) groups is 1. The Bertz CT molecular complexity index is 1030. The van der Waals surface area contributed by atoms with Gasteiger partial charge in [-0.15, -0.1) is 0 Å². The Morgan fingerprint density at radius 3 is 2.62 bits per heavy atom. The van der Waals surface area contributed by atoms with Crippen molar-refractivity contribution in [1.82, 2.24) is 5.32 Å². The van der Waals surface area contributed by atoms with E-state index in [-0.39, 0.29) is 24.9 Å². The molecule has 2 aromatic carbocycles. The summed E-state index contributed by atoms with van der Waals surface area (Å²) in [6.07, 6.45) is -1.81. The fourth-order valence-electron chi connectivity index (χ4n) is 3.65. The molecular weight excluding hydrogens is 432 g/mol. The normalized spacial score (nSPS) is 23.5. The van der Waals surface area contributed by atoms with Crippen molar-refractivity contribution in [2.45, 2.75) is 24.4 Å². The highest BCUT2D eigenvalue weighted by Gasteiger charge is 2.49. The molecule has 0 aromatic heterocycles. The van der Waals surface area contributed by atoms with Crippen LogP contribution in [-0.2, 0) is 14.2 Å². The number of carbonyl (C=O) groups is 1. The Hall–Kier alpha value is -3.39. The molecule has 32 heavy (non-hydrogen) atoms. The summed E-state index contributed by atoms with van der Waals surface area (Å²) in [6.45, 7) is 0.587. The number of amides is 1. The molecule has 0 unspecified atom stereocenters. The molecule has 2 aromatic rings. The first kappa shape index (κ1) is 21.8. The van der Waals surface area contributed by atoms with Crippen molar-refractivity contribution in [2.24, 2.45) is 0 Å². The van der Waals surface area contributed by atoms with Crippen LogP contribution in [0.1, 0.15) is 5.56 Å². The molecule has 4 rings (SSSR count). The van der Waals surface area contributed by atoms with Crippen LogP contribution in [0.5, 0.6) is 5.75 Å². The van der Waals surface area contributed by atoms with Crippen LogP contribution in [0.25, 0.3) is 0 Å². The Labute approximate surface area is 190 Å². The quantitative estimate of drug-likeness (QED) is 0.587. The van der Waals surface area contributed by atoms with Gasteiger partial charge in [-0.3, -0.25) is 5.32 Å². The number of methoxy groups -OCH3 is 1. The molecule has 0 saturated carbocycles. The predicted molar refractivity (Wildman–Crippen MR) is 121 cm³/mol. The number of hydrogen-bond acceptors (Lipinski definition) is 7. The highest BCUT2D eigenvalue weighted by molar-refractivity contribution is 7.80. The van der Waals surface area contributed by atoms with Crippen LogP contribution in [0.2, 0.25) is 0 Å². The van der Waals surface area contributed by atoms with Crippen LogP contribution in [0.4, 0.5) is 16.2 Å². The molecule has 2 heterocycles. The van der Waals surface area contributed by atoms with E-state index < -0.39 is 12.2 Å². The molecule has 2 saturated heterocycles. The van der Waals surface area contributed by atoms with E-state index in [0.29, 0.717) is 34.4 Å². The molecule has 2 aliphatic rings. The summed E-state index contributed by atoms with van der Waals surface area (Å²) in [7, 11) is 1.58. The number of anilines is 2. The van der Waals surface area contributed by atoms with Gasteiger partial charge in [-0.1, -0.05) is 6.07 Å². The Balaban J connectivity index is 1.27. The molecule has 4 atom stereocenters. The molecule has 0 bridgehead atoms. The van der Waals surface area contributed by atoms with E-state index in [9.17, 15) is 4.79 Å². The highest BCUT2D eigenvalue weighted by Crippen LogP contribution is 2.29. The van der Waals surface area contributed by atoms with Gasteiger partial charge < -0.3 is 29.6 Å². The van der Waals surface area contributed by atoms with Gasteiger partial charge in [-0.25, -0.2) is 4.79 Å². The fraction of sp³-hybridized carbons (Fsp3) is 0.318. The van der Waals surface area contributed by atoms with Crippen molar-refractivity contribution in [3.63, 3.8) is 0 Å². The highest BCUT2D eigenvalue weighted by atomic mass is 32.1. The van der Waals surface area contributed by atoms with Crippen LogP contribution in [-0.4, -0.2) is 55.9 Å². The van der Waals surface area contributed by atoms with Crippen molar-refractivity contribution in [2.75, 3.05) is 31.0 Å². The molecular formula is C22H22N4O5S. The molecule has 9 nitrogen and oxygen atoms in total. The number of nitrogens with one attached hydrogen (secondary N) is 3. The third-order valence-electron chi connectivity index (χ3n) is 5.17. The number of carbonyl (C=O) groups excluding carboxylic acids is 1. The SMILES string of the molecule is COc1ccc(NC(=O)O[C@H]2CO[C@@H]3[C@@H]2OC[C@@H]3NC(=S)Nc2cccc(C#N)c2)cc1. The van der Waals surface area contributed by atoms with Crippen LogP contribution in [0.15, 0.2) is 48.5 Å². The summed E-state index contributed by atoms with van der Waals surface area (Å²) < 4.78 is 22.3. The minimum Gasteiger partial charge on any atom is -0.497 e. The lowest BCUT2D eigenvalue weighted by Crippen LogP contribution is -2.46. The minimum absolute atomic E-state index is 0.197. The average molecular weight is 455 g/mol. The van der Waals surface area contributed by atoms with Gasteiger partial charge >= 0.3 is 6.09 Å². The summed E-state index contributed by atoms with van der Waals surface area (Å²) in [5.41, 5.74) is 1.84. The maximum atomic E-state index is 12.3. The molecule has 3 N–H and O–H groups in total. The van der Waals surface area contributed by atoms with Crippen molar-refractivity contribution in [1.29, 1.82) is 5.26 Å². The predicted octanol–water partition coefficient (Wildman–Crippen LogP) is 2.64. The van der Waals surface area contributed by atoms with Gasteiger partial charge in [0, 0.05) is 11.4 Å². The van der Waals surface area contributed by atoms with Crippen molar-refractivity contribution >= 4 is 34.8 Å².